The van der Waals surface area contributed by atoms with Gasteiger partial charge in [0.1, 0.15) is 11.3 Å². The average molecular weight is 597 g/mol. The van der Waals surface area contributed by atoms with Crippen molar-refractivity contribution in [3.63, 3.8) is 0 Å². The molecule has 3 heterocycles. The van der Waals surface area contributed by atoms with Crippen molar-refractivity contribution >= 4 is 17.5 Å². The zero-order chi connectivity index (χ0) is 30.1. The second-order valence-corrected chi connectivity index (χ2v) is 11.3. The highest BCUT2D eigenvalue weighted by Gasteiger charge is 2.40. The van der Waals surface area contributed by atoms with E-state index in [0.717, 1.165) is 19.3 Å². The first-order chi connectivity index (χ1) is 19.9. The maximum absolute atomic E-state index is 14.0. The van der Waals surface area contributed by atoms with Crippen LogP contribution < -0.4 is 10.6 Å². The van der Waals surface area contributed by atoms with Crippen LogP contribution in [0.4, 0.5) is 22.0 Å². The number of halogens is 5. The van der Waals surface area contributed by atoms with Crippen LogP contribution in [-0.4, -0.2) is 43.7 Å². The van der Waals surface area contributed by atoms with Gasteiger partial charge in [0.2, 0.25) is 11.8 Å². The third-order valence-corrected chi connectivity index (χ3v) is 8.34. The zero-order valence-electron chi connectivity index (χ0n) is 23.1. The molecule has 0 saturated heterocycles. The second-order valence-electron chi connectivity index (χ2n) is 11.3. The maximum Gasteiger partial charge on any atom is 0.389 e. The molecule has 2 aliphatic carbocycles. The summed E-state index contributed by atoms with van der Waals surface area (Å²) < 4.78 is 72.6. The summed E-state index contributed by atoms with van der Waals surface area (Å²) in [6.07, 6.45) is 1.00. The minimum absolute atomic E-state index is 0.0609. The van der Waals surface area contributed by atoms with Gasteiger partial charge in [-0.05, 0) is 49.1 Å². The van der Waals surface area contributed by atoms with Crippen LogP contribution in [0.15, 0.2) is 29.2 Å². The molecular weight excluding hydrogens is 563 g/mol. The molecule has 228 valence electrons. The summed E-state index contributed by atoms with van der Waals surface area (Å²) in [5.41, 5.74) is 1.71. The molecule has 3 aromatic heterocycles. The van der Waals surface area contributed by atoms with Crippen molar-refractivity contribution in [2.45, 2.75) is 95.3 Å². The topological polar surface area (TPSA) is 114 Å². The molecule has 0 aliphatic heterocycles. The molecule has 2 N–H and O–H groups in total. The van der Waals surface area contributed by atoms with E-state index in [4.69, 9.17) is 9.51 Å². The number of hydrogen-bond donors (Lipinski definition) is 2. The Kier molecular flexibility index (Phi) is 8.51. The fourth-order valence-corrected chi connectivity index (χ4v) is 5.73. The third-order valence-electron chi connectivity index (χ3n) is 8.34. The first-order valence-corrected chi connectivity index (χ1v) is 14.3. The normalized spacial score (nSPS) is 19.3. The molecule has 14 heteroatoms. The standard InChI is InChI=1S/C28H33F5N6O3/c1-2-21-19(14-35-42-21)26(41)38-25(17-6-9-27(29,30)10-7-17)20-15-39-22(36-20)12-18(13-34-39)24(16-4-3-5-16)37-23(40)8-11-28(31,32)33/h12-17,24-25H,2-11H2,1H3,(H,37,40)(H,38,41)/t24-,25+/m1/s1. The smallest absolute Gasteiger partial charge is 0.361 e. The van der Waals surface area contributed by atoms with Gasteiger partial charge in [-0.1, -0.05) is 18.5 Å². The molecule has 3 aromatic rings. The Hall–Kier alpha value is -3.58. The van der Waals surface area contributed by atoms with Gasteiger partial charge >= 0.3 is 6.18 Å². The summed E-state index contributed by atoms with van der Waals surface area (Å²) in [4.78, 5) is 30.3. The molecule has 2 amide bonds. The van der Waals surface area contributed by atoms with Crippen molar-refractivity contribution in [1.82, 2.24) is 30.4 Å². The van der Waals surface area contributed by atoms with E-state index >= 15 is 0 Å². The number of rotatable bonds is 10. The van der Waals surface area contributed by atoms with Gasteiger partial charge in [-0.15, -0.1) is 0 Å². The first kappa shape index (κ1) is 29.9. The van der Waals surface area contributed by atoms with Crippen molar-refractivity contribution in [3.05, 3.63) is 47.2 Å². The Morgan fingerprint density at radius 1 is 1.10 bits per heavy atom. The fourth-order valence-electron chi connectivity index (χ4n) is 5.73. The Morgan fingerprint density at radius 3 is 2.45 bits per heavy atom. The predicted octanol–water partition coefficient (Wildman–Crippen LogP) is 5.88. The van der Waals surface area contributed by atoms with Crippen LogP contribution in [0.3, 0.4) is 0 Å². The molecule has 0 spiro atoms. The molecule has 0 aromatic carbocycles. The Balaban J connectivity index is 1.41. The van der Waals surface area contributed by atoms with Crippen molar-refractivity contribution in [3.8, 4) is 0 Å². The van der Waals surface area contributed by atoms with Crippen molar-refractivity contribution in [1.29, 1.82) is 0 Å². The number of imidazole rings is 1. The molecule has 2 fully saturated rings. The van der Waals surface area contributed by atoms with E-state index in [1.165, 1.54) is 10.7 Å². The van der Waals surface area contributed by atoms with Crippen LogP contribution in [0.1, 0.15) is 104 Å². The lowest BCUT2D eigenvalue weighted by molar-refractivity contribution is -0.144. The molecule has 0 radical (unpaired) electrons. The maximum atomic E-state index is 14.0. The molecule has 2 saturated carbocycles. The van der Waals surface area contributed by atoms with Gasteiger partial charge in [-0.3, -0.25) is 9.59 Å². The summed E-state index contributed by atoms with van der Waals surface area (Å²) in [5, 5.41) is 13.8. The summed E-state index contributed by atoms with van der Waals surface area (Å²) in [5.74, 6) is -3.74. The van der Waals surface area contributed by atoms with Gasteiger partial charge in [-0.25, -0.2) is 18.3 Å². The minimum Gasteiger partial charge on any atom is -0.361 e. The molecule has 42 heavy (non-hydrogen) atoms. The number of aromatic nitrogens is 4. The third kappa shape index (κ3) is 6.89. The van der Waals surface area contributed by atoms with Crippen molar-refractivity contribution in [2.24, 2.45) is 11.8 Å². The highest BCUT2D eigenvalue weighted by Crippen LogP contribution is 2.42. The number of alkyl halides is 5. The van der Waals surface area contributed by atoms with Crippen LogP contribution in [0.2, 0.25) is 0 Å². The van der Waals surface area contributed by atoms with E-state index < -0.39 is 48.8 Å². The van der Waals surface area contributed by atoms with Gasteiger partial charge in [0.05, 0.1) is 42.8 Å². The minimum atomic E-state index is -4.43. The number of hydrogen-bond acceptors (Lipinski definition) is 6. The van der Waals surface area contributed by atoms with E-state index in [1.807, 2.05) is 6.92 Å². The monoisotopic (exact) mass is 596 g/mol. The van der Waals surface area contributed by atoms with Crippen LogP contribution in [0.5, 0.6) is 0 Å². The molecule has 2 aliphatic rings. The molecule has 0 unspecified atom stereocenters. The molecule has 5 rings (SSSR count). The van der Waals surface area contributed by atoms with Crippen molar-refractivity contribution < 1.29 is 36.1 Å². The van der Waals surface area contributed by atoms with Gasteiger partial charge in [0.25, 0.3) is 5.91 Å². The zero-order valence-corrected chi connectivity index (χ0v) is 23.1. The Morgan fingerprint density at radius 2 is 1.81 bits per heavy atom. The van der Waals surface area contributed by atoms with E-state index in [1.54, 1.807) is 18.5 Å². The van der Waals surface area contributed by atoms with Gasteiger partial charge in [0.15, 0.2) is 5.65 Å². The number of aryl methyl sites for hydroxylation is 1. The predicted molar refractivity (Wildman–Crippen MR) is 139 cm³/mol. The summed E-state index contributed by atoms with van der Waals surface area (Å²) in [7, 11) is 0. The summed E-state index contributed by atoms with van der Waals surface area (Å²) in [6.45, 7) is 1.82. The number of nitrogens with one attached hydrogen (secondary N) is 2. The van der Waals surface area contributed by atoms with Crippen LogP contribution in [0, 0.1) is 11.8 Å². The SMILES string of the molecule is CCc1oncc1C(=O)N[C@H](c1cn2ncc([C@H](NC(=O)CCC(F)(F)F)C3CCC3)cc2n1)C1CCC(F)(F)CC1. The summed E-state index contributed by atoms with van der Waals surface area (Å²) in [6, 6.07) is 0.504. The summed E-state index contributed by atoms with van der Waals surface area (Å²) >= 11 is 0. The first-order valence-electron chi connectivity index (χ1n) is 14.3. The Bertz CT molecular complexity index is 1410. The van der Waals surface area contributed by atoms with Gasteiger partial charge in [-0.2, -0.15) is 18.3 Å². The van der Waals surface area contributed by atoms with Crippen LogP contribution >= 0.6 is 0 Å². The van der Waals surface area contributed by atoms with Crippen LogP contribution in [0.25, 0.3) is 5.65 Å². The number of amides is 2. The number of fused-ring (bicyclic) bond motifs is 1. The van der Waals surface area contributed by atoms with Crippen LogP contribution in [-0.2, 0) is 11.2 Å². The van der Waals surface area contributed by atoms with Gasteiger partial charge < -0.3 is 15.2 Å². The largest absolute Gasteiger partial charge is 0.389 e. The average Bonchev–Trinajstić information content (AvgIpc) is 3.55. The fraction of sp³-hybridized carbons (Fsp3) is 0.607. The number of carbonyl (C=O) groups excluding carboxylic acids is 2. The van der Waals surface area contributed by atoms with E-state index in [9.17, 15) is 31.5 Å². The van der Waals surface area contributed by atoms with Gasteiger partial charge in [0, 0.05) is 25.7 Å². The lowest BCUT2D eigenvalue weighted by Crippen LogP contribution is -2.37. The van der Waals surface area contributed by atoms with Crippen molar-refractivity contribution in [2.75, 3.05) is 0 Å². The Labute approximate surface area is 238 Å². The quantitative estimate of drug-likeness (QED) is 0.283. The highest BCUT2D eigenvalue weighted by molar-refractivity contribution is 5.95. The molecule has 9 nitrogen and oxygen atoms in total. The molecular formula is C28H33F5N6O3. The molecule has 2 atom stereocenters. The van der Waals surface area contributed by atoms with E-state index in [0.29, 0.717) is 29.1 Å². The number of carbonyl (C=O) groups is 2. The lowest BCUT2D eigenvalue weighted by Gasteiger charge is -2.34. The van der Waals surface area contributed by atoms with E-state index in [-0.39, 0.29) is 43.1 Å². The highest BCUT2D eigenvalue weighted by atomic mass is 19.4. The second kappa shape index (κ2) is 12.0. The molecule has 0 bridgehead atoms. The van der Waals surface area contributed by atoms with E-state index in [2.05, 4.69) is 20.9 Å². The number of nitrogens with zero attached hydrogens (tertiary/aromatic N) is 4. The lowest BCUT2D eigenvalue weighted by atomic mass is 9.77.